The highest BCUT2D eigenvalue weighted by Gasteiger charge is 2.26. The molecule has 0 fully saturated rings. The molecule has 1 aromatic rings. The molecule has 0 radical (unpaired) electrons. The van der Waals surface area contributed by atoms with Gasteiger partial charge in [-0.1, -0.05) is 11.6 Å². The average Bonchev–Trinajstić information content (AvgIpc) is 2.29. The lowest BCUT2D eigenvalue weighted by Crippen LogP contribution is -2.03. The van der Waals surface area contributed by atoms with Crippen molar-refractivity contribution in [3.63, 3.8) is 0 Å². The lowest BCUT2D eigenvalue weighted by atomic mass is 10.2. The Morgan fingerprint density at radius 2 is 1.89 bits per heavy atom. The van der Waals surface area contributed by atoms with E-state index < -0.39 is 41.1 Å². The van der Waals surface area contributed by atoms with Crippen LogP contribution in [0.3, 0.4) is 0 Å². The van der Waals surface area contributed by atoms with Gasteiger partial charge in [0.05, 0.1) is 10.5 Å². The summed E-state index contributed by atoms with van der Waals surface area (Å²) in [7, 11) is 2.12. The van der Waals surface area contributed by atoms with Crippen molar-refractivity contribution in [3.8, 4) is 0 Å². The highest BCUT2D eigenvalue weighted by molar-refractivity contribution is 8.13. The predicted octanol–water partition coefficient (Wildman–Crippen LogP) is 1.45. The molecule has 1 aromatic carbocycles. The van der Waals surface area contributed by atoms with Gasteiger partial charge in [-0.25, -0.2) is 13.2 Å². The second-order valence-corrected chi connectivity index (χ2v) is 5.72. The Kier molecular flexibility index (Phi) is 6.16. The molecule has 8 nitrogen and oxygen atoms in total. The van der Waals surface area contributed by atoms with Gasteiger partial charge in [-0.2, -0.15) is 0 Å². The topological polar surface area (TPSA) is 141 Å². The number of nitrogens with zero attached hydrogens (tertiary/aromatic N) is 1. The molecule has 0 saturated heterocycles. The number of hydrogen-bond donors (Lipinski definition) is 2. The van der Waals surface area contributed by atoms with Crippen LogP contribution in [0.5, 0.6) is 0 Å². The fourth-order valence-corrected chi connectivity index (χ4v) is 2.57. The molecule has 0 aliphatic carbocycles. The first-order valence-corrected chi connectivity index (χ1v) is 7.07. The molecule has 0 saturated carbocycles. The number of carbonyl (C=O) groups is 1. The summed E-state index contributed by atoms with van der Waals surface area (Å²) in [5, 5.41) is 18.5. The van der Waals surface area contributed by atoms with Gasteiger partial charge < -0.3 is 10.8 Å². The first kappa shape index (κ1) is 17.6. The van der Waals surface area contributed by atoms with E-state index in [4.69, 9.17) is 27.4 Å². The maximum absolute atomic E-state index is 11.1. The molecule has 0 aliphatic rings. The highest BCUT2D eigenvalue weighted by Crippen LogP contribution is 2.34. The molecule has 3 N–H and O–H groups in total. The summed E-state index contributed by atoms with van der Waals surface area (Å²) in [6.07, 6.45) is 0. The van der Waals surface area contributed by atoms with Gasteiger partial charge >= 0.3 is 5.97 Å². The number of nitrogens with two attached hydrogens (primary N) is 1. The summed E-state index contributed by atoms with van der Waals surface area (Å²) in [5.41, 5.74) is 3.06. The maximum atomic E-state index is 11.1. The van der Waals surface area contributed by atoms with Gasteiger partial charge in [-0.3, -0.25) is 10.1 Å². The number of carboxylic acid groups (broad SMARTS) is 1. The molecule has 0 spiro atoms. The van der Waals surface area contributed by atoms with Gasteiger partial charge in [0.15, 0.2) is 0 Å². The van der Waals surface area contributed by atoms with Crippen molar-refractivity contribution in [2.45, 2.75) is 4.90 Å². The van der Waals surface area contributed by atoms with Crippen LogP contribution < -0.4 is 5.73 Å². The van der Waals surface area contributed by atoms with E-state index in [0.29, 0.717) is 12.1 Å². The molecule has 0 atom stereocenters. The van der Waals surface area contributed by atoms with Crippen molar-refractivity contribution in [2.75, 3.05) is 7.05 Å². The number of carboxylic acids is 1. The second-order valence-electron chi connectivity index (χ2n) is 2.81. The van der Waals surface area contributed by atoms with E-state index in [2.05, 4.69) is 5.73 Å². The monoisotopic (exact) mass is 330 g/mol. The fourth-order valence-electron chi connectivity index (χ4n) is 1.02. The molecule has 0 unspecified atom stereocenters. The third kappa shape index (κ3) is 4.31. The Labute approximate surface area is 117 Å². The smallest absolute Gasteiger partial charge is 0.335 e. The van der Waals surface area contributed by atoms with Gasteiger partial charge in [0, 0.05) is 16.7 Å². The van der Waals surface area contributed by atoms with Gasteiger partial charge in [0.25, 0.3) is 14.7 Å². The number of nitro benzene ring substituents is 1. The number of nitro groups is 1. The van der Waals surface area contributed by atoms with Crippen LogP contribution in [0.2, 0.25) is 5.02 Å². The minimum Gasteiger partial charge on any atom is -0.478 e. The first-order chi connectivity index (χ1) is 8.64. The van der Waals surface area contributed by atoms with Crippen molar-refractivity contribution < 1.29 is 23.2 Å². The molecule has 0 bridgehead atoms. The van der Waals surface area contributed by atoms with Crippen molar-refractivity contribution in [1.82, 2.24) is 0 Å². The largest absolute Gasteiger partial charge is 0.478 e. The van der Waals surface area contributed by atoms with Crippen LogP contribution in [0.15, 0.2) is 17.0 Å². The number of aromatic carboxylic acids is 1. The van der Waals surface area contributed by atoms with Crippen molar-refractivity contribution in [3.05, 3.63) is 32.8 Å². The van der Waals surface area contributed by atoms with Gasteiger partial charge in [0.2, 0.25) is 0 Å². The van der Waals surface area contributed by atoms with E-state index in [0.717, 1.165) is 0 Å². The van der Waals surface area contributed by atoms with E-state index >= 15 is 0 Å². The Balaban J connectivity index is 0.00000154. The summed E-state index contributed by atoms with van der Waals surface area (Å²) in [5.74, 6) is -1.54. The molecular weight excluding hydrogens is 323 g/mol. The molecular formula is C8H8Cl2N2O6S. The van der Waals surface area contributed by atoms with E-state index in [1.165, 1.54) is 7.05 Å². The quantitative estimate of drug-likeness (QED) is 0.485. The lowest BCUT2D eigenvalue weighted by Gasteiger charge is -2.03. The highest BCUT2D eigenvalue weighted by atomic mass is 35.7. The van der Waals surface area contributed by atoms with E-state index in [9.17, 15) is 23.3 Å². The van der Waals surface area contributed by atoms with Crippen LogP contribution >= 0.6 is 22.3 Å². The summed E-state index contributed by atoms with van der Waals surface area (Å²) in [4.78, 5) is 19.4. The molecule has 106 valence electrons. The Morgan fingerprint density at radius 3 is 2.21 bits per heavy atom. The van der Waals surface area contributed by atoms with Crippen molar-refractivity contribution in [1.29, 1.82) is 0 Å². The number of rotatable bonds is 3. The zero-order chi connectivity index (χ0) is 15.4. The Bertz CT molecular complexity index is 616. The van der Waals surface area contributed by atoms with Crippen LogP contribution in [0.1, 0.15) is 10.4 Å². The summed E-state index contributed by atoms with van der Waals surface area (Å²) >= 11 is 5.47. The van der Waals surface area contributed by atoms with Crippen LogP contribution in [0.25, 0.3) is 0 Å². The SMILES string of the molecule is CN.O=C(O)c1cc([N+](=O)[O-])c(Cl)c(S(=O)(=O)Cl)c1. The summed E-state index contributed by atoms with van der Waals surface area (Å²) in [6.45, 7) is 0. The van der Waals surface area contributed by atoms with Crippen molar-refractivity contribution in [2.24, 2.45) is 5.73 Å². The number of hydrogen-bond acceptors (Lipinski definition) is 6. The fraction of sp³-hybridized carbons (Fsp3) is 0.125. The first-order valence-electron chi connectivity index (χ1n) is 4.38. The average molecular weight is 331 g/mol. The third-order valence-electron chi connectivity index (χ3n) is 1.73. The van der Waals surface area contributed by atoms with Crippen LogP contribution in [-0.2, 0) is 9.05 Å². The molecule has 1 rings (SSSR count). The summed E-state index contributed by atoms with van der Waals surface area (Å²) in [6, 6.07) is 1.30. The molecule has 19 heavy (non-hydrogen) atoms. The third-order valence-corrected chi connectivity index (χ3v) is 3.58. The van der Waals surface area contributed by atoms with E-state index in [1.807, 2.05) is 0 Å². The Morgan fingerprint density at radius 1 is 1.42 bits per heavy atom. The standard InChI is InChI=1S/C7H3Cl2NO6S.CH5N/c8-6-4(10(13)14)1-3(7(11)12)2-5(6)17(9,15)16;1-2/h1-2H,(H,11,12);2H2,1H3. The van der Waals surface area contributed by atoms with Gasteiger partial charge in [-0.15, -0.1) is 0 Å². The normalized spacial score (nSPS) is 10.3. The minimum atomic E-state index is -4.37. The second kappa shape index (κ2) is 6.66. The maximum Gasteiger partial charge on any atom is 0.335 e. The number of halogens is 2. The van der Waals surface area contributed by atoms with Crippen LogP contribution in [0, 0.1) is 10.1 Å². The predicted molar refractivity (Wildman–Crippen MR) is 68.2 cm³/mol. The van der Waals surface area contributed by atoms with Crippen molar-refractivity contribution >= 4 is 43.0 Å². The Hall–Kier alpha value is -1.42. The van der Waals surface area contributed by atoms with Gasteiger partial charge in [0.1, 0.15) is 9.92 Å². The van der Waals surface area contributed by atoms with E-state index in [-0.39, 0.29) is 0 Å². The van der Waals surface area contributed by atoms with Crippen LogP contribution in [0.4, 0.5) is 5.69 Å². The van der Waals surface area contributed by atoms with E-state index in [1.54, 1.807) is 0 Å². The molecule has 0 heterocycles. The summed E-state index contributed by atoms with van der Waals surface area (Å²) < 4.78 is 22.1. The van der Waals surface area contributed by atoms with Gasteiger partial charge in [-0.05, 0) is 13.1 Å². The van der Waals surface area contributed by atoms with Crippen LogP contribution in [-0.4, -0.2) is 31.5 Å². The molecule has 11 heteroatoms. The zero-order valence-corrected chi connectivity index (χ0v) is 11.7. The minimum absolute atomic E-state index is 0.597. The molecule has 0 aliphatic heterocycles. The number of benzene rings is 1. The molecule has 0 amide bonds. The zero-order valence-electron chi connectivity index (χ0n) is 9.33. The molecule has 0 aromatic heterocycles. The lowest BCUT2D eigenvalue weighted by molar-refractivity contribution is -0.384.